The molecule has 0 saturated heterocycles. The van der Waals surface area contributed by atoms with E-state index < -0.39 is 0 Å². The number of hydrogen-bond acceptors (Lipinski definition) is 2. The van der Waals surface area contributed by atoms with E-state index in [2.05, 4.69) is 63.2 Å². The van der Waals surface area contributed by atoms with Gasteiger partial charge in [0.25, 0.3) is 0 Å². The van der Waals surface area contributed by atoms with Crippen molar-refractivity contribution in [2.24, 2.45) is 5.73 Å². The molecule has 0 aromatic heterocycles. The lowest BCUT2D eigenvalue weighted by molar-refractivity contribution is 0.134. The fraction of sp³-hybridized carbons (Fsp3) is 0.368. The molecule has 0 bridgehead atoms. The van der Waals surface area contributed by atoms with Crippen molar-refractivity contribution in [2.75, 3.05) is 0 Å². The molecule has 2 nitrogen and oxygen atoms in total. The van der Waals surface area contributed by atoms with Crippen LogP contribution in [0.4, 0.5) is 0 Å². The Morgan fingerprint density at radius 2 is 1.52 bits per heavy atom. The van der Waals surface area contributed by atoms with Crippen LogP contribution >= 0.6 is 0 Å². The van der Waals surface area contributed by atoms with E-state index in [1.54, 1.807) is 0 Å². The Morgan fingerprint density at radius 1 is 0.905 bits per heavy atom. The Balaban J connectivity index is 1.86. The van der Waals surface area contributed by atoms with Crippen molar-refractivity contribution in [3.63, 3.8) is 0 Å². The van der Waals surface area contributed by atoms with Crippen molar-refractivity contribution in [1.82, 2.24) is 0 Å². The minimum Gasteiger partial charge on any atom is -0.372 e. The zero-order valence-corrected chi connectivity index (χ0v) is 13.0. The molecule has 3 rings (SSSR count). The highest BCUT2D eigenvalue weighted by atomic mass is 16.5. The number of nitrogens with two attached hydrogens (primary N) is 1. The van der Waals surface area contributed by atoms with E-state index in [-0.39, 0.29) is 11.5 Å². The number of benzene rings is 2. The third kappa shape index (κ3) is 2.87. The molecule has 0 radical (unpaired) electrons. The van der Waals surface area contributed by atoms with Gasteiger partial charge in [-0.3, -0.25) is 0 Å². The summed E-state index contributed by atoms with van der Waals surface area (Å²) in [7, 11) is 0. The van der Waals surface area contributed by atoms with E-state index in [0.717, 1.165) is 17.7 Å². The molecule has 0 fully saturated rings. The van der Waals surface area contributed by atoms with Gasteiger partial charge in [0, 0.05) is 0 Å². The quantitative estimate of drug-likeness (QED) is 0.901. The first-order valence-corrected chi connectivity index (χ1v) is 7.50. The highest BCUT2D eigenvalue weighted by molar-refractivity contribution is 5.39. The Labute approximate surface area is 126 Å². The van der Waals surface area contributed by atoms with E-state index >= 15 is 0 Å². The maximum absolute atomic E-state index is 6.43. The minimum absolute atomic E-state index is 0.0788. The van der Waals surface area contributed by atoms with Gasteiger partial charge >= 0.3 is 0 Å². The number of rotatable bonds is 2. The van der Waals surface area contributed by atoms with Gasteiger partial charge in [-0.2, -0.15) is 0 Å². The molecule has 0 spiro atoms. The van der Waals surface area contributed by atoms with Gasteiger partial charge in [-0.05, 0) is 33.2 Å². The van der Waals surface area contributed by atoms with E-state index in [1.165, 1.54) is 16.7 Å². The van der Waals surface area contributed by atoms with Crippen molar-refractivity contribution >= 4 is 0 Å². The molecule has 2 aromatic rings. The van der Waals surface area contributed by atoms with Crippen LogP contribution < -0.4 is 5.73 Å². The number of hydrogen-bond donors (Lipinski definition) is 1. The van der Waals surface area contributed by atoms with Gasteiger partial charge < -0.3 is 10.5 Å². The molecule has 1 atom stereocenters. The molecule has 2 N–H and O–H groups in total. The topological polar surface area (TPSA) is 35.2 Å². The molecule has 0 aliphatic carbocycles. The number of ether oxygens (including phenoxy) is 1. The van der Waals surface area contributed by atoms with Gasteiger partial charge in [-0.25, -0.2) is 0 Å². The maximum atomic E-state index is 6.43. The molecule has 1 aliphatic rings. The summed E-state index contributed by atoms with van der Waals surface area (Å²) in [6.45, 7) is 8.11. The fourth-order valence-corrected chi connectivity index (χ4v) is 2.77. The molecular weight excluding hydrogens is 258 g/mol. The van der Waals surface area contributed by atoms with Gasteiger partial charge in [0.2, 0.25) is 0 Å². The second kappa shape index (κ2) is 5.28. The molecule has 1 heterocycles. The largest absolute Gasteiger partial charge is 0.372 e. The summed E-state index contributed by atoms with van der Waals surface area (Å²) in [6, 6.07) is 15.0. The van der Waals surface area contributed by atoms with Crippen LogP contribution in [0.1, 0.15) is 54.6 Å². The van der Waals surface area contributed by atoms with Crippen molar-refractivity contribution in [2.45, 2.75) is 45.4 Å². The van der Waals surface area contributed by atoms with Gasteiger partial charge in [0.1, 0.15) is 0 Å². The van der Waals surface area contributed by atoms with Crippen molar-refractivity contribution in [3.05, 3.63) is 70.3 Å². The smallest absolute Gasteiger partial charge is 0.0725 e. The van der Waals surface area contributed by atoms with Crippen LogP contribution in [0.15, 0.2) is 42.5 Å². The molecule has 2 heteroatoms. The van der Waals surface area contributed by atoms with Crippen molar-refractivity contribution < 1.29 is 4.74 Å². The lowest BCUT2D eigenvalue weighted by Crippen LogP contribution is -2.14. The predicted molar refractivity (Wildman–Crippen MR) is 86.1 cm³/mol. The average Bonchev–Trinajstić information content (AvgIpc) is 2.93. The zero-order chi connectivity index (χ0) is 15.0. The summed E-state index contributed by atoms with van der Waals surface area (Å²) in [5.41, 5.74) is 12.8. The van der Waals surface area contributed by atoms with E-state index in [9.17, 15) is 0 Å². The molecule has 0 saturated carbocycles. The summed E-state index contributed by atoms with van der Waals surface area (Å²) in [4.78, 5) is 0. The normalized spacial score (nSPS) is 15.8. The number of fused-ring (bicyclic) bond motifs is 1. The molecule has 2 aromatic carbocycles. The summed E-state index contributed by atoms with van der Waals surface area (Å²) >= 11 is 0. The summed E-state index contributed by atoms with van der Waals surface area (Å²) in [5.74, 6) is 0. The van der Waals surface area contributed by atoms with Crippen molar-refractivity contribution in [1.29, 1.82) is 0 Å². The molecule has 21 heavy (non-hydrogen) atoms. The Kier molecular flexibility index (Phi) is 3.60. The minimum atomic E-state index is -0.0788. The monoisotopic (exact) mass is 281 g/mol. The summed E-state index contributed by atoms with van der Waals surface area (Å²) in [5, 5.41) is 0. The molecule has 1 unspecified atom stereocenters. The lowest BCUT2D eigenvalue weighted by Gasteiger charge is -2.20. The predicted octanol–water partition coefficient (Wildman–Crippen LogP) is 4.06. The highest BCUT2D eigenvalue weighted by Gasteiger charge is 2.17. The first-order chi connectivity index (χ1) is 9.95. The van der Waals surface area contributed by atoms with E-state index in [4.69, 9.17) is 10.5 Å². The van der Waals surface area contributed by atoms with Crippen LogP contribution in [0.5, 0.6) is 0 Å². The van der Waals surface area contributed by atoms with E-state index in [0.29, 0.717) is 6.61 Å². The standard InChI is InChI=1S/C19H23NO/c1-19(2,3)17-8-6-13(7-9-17)18(20)14-4-5-15-11-21-12-16(15)10-14/h4-10,18H,11-12,20H2,1-3H3. The highest BCUT2D eigenvalue weighted by Crippen LogP contribution is 2.28. The Morgan fingerprint density at radius 3 is 2.19 bits per heavy atom. The fourth-order valence-electron chi connectivity index (χ4n) is 2.77. The van der Waals surface area contributed by atoms with Gasteiger partial charge in [-0.1, -0.05) is 63.2 Å². The van der Waals surface area contributed by atoms with Crippen LogP contribution in [0, 0.1) is 0 Å². The summed E-state index contributed by atoms with van der Waals surface area (Å²) in [6.07, 6.45) is 0. The lowest BCUT2D eigenvalue weighted by atomic mass is 9.86. The molecule has 110 valence electrons. The Bertz CT molecular complexity index is 638. The Hall–Kier alpha value is -1.64. The van der Waals surface area contributed by atoms with Crippen LogP contribution in [-0.4, -0.2) is 0 Å². The summed E-state index contributed by atoms with van der Waals surface area (Å²) < 4.78 is 5.47. The third-order valence-electron chi connectivity index (χ3n) is 4.24. The SMILES string of the molecule is CC(C)(C)c1ccc(C(N)c2ccc3c(c2)COC3)cc1. The first-order valence-electron chi connectivity index (χ1n) is 7.50. The van der Waals surface area contributed by atoms with Crippen molar-refractivity contribution in [3.8, 4) is 0 Å². The first kappa shape index (κ1) is 14.3. The van der Waals surface area contributed by atoms with Gasteiger partial charge in [0.15, 0.2) is 0 Å². The van der Waals surface area contributed by atoms with Gasteiger partial charge in [-0.15, -0.1) is 0 Å². The molecular formula is C19H23NO. The molecule has 0 amide bonds. The van der Waals surface area contributed by atoms with Crippen LogP contribution in [0.25, 0.3) is 0 Å². The second-order valence-electron chi connectivity index (χ2n) is 6.87. The van der Waals surface area contributed by atoms with Crippen LogP contribution in [0.3, 0.4) is 0 Å². The molecule has 1 aliphatic heterocycles. The van der Waals surface area contributed by atoms with E-state index in [1.807, 2.05) is 0 Å². The zero-order valence-electron chi connectivity index (χ0n) is 13.0. The maximum Gasteiger partial charge on any atom is 0.0725 e. The van der Waals surface area contributed by atoms with Gasteiger partial charge in [0.05, 0.1) is 19.3 Å². The third-order valence-corrected chi connectivity index (χ3v) is 4.24. The second-order valence-corrected chi connectivity index (χ2v) is 6.87. The van der Waals surface area contributed by atoms with Crippen LogP contribution in [-0.2, 0) is 23.4 Å². The average molecular weight is 281 g/mol. The van der Waals surface area contributed by atoms with Crippen LogP contribution in [0.2, 0.25) is 0 Å².